The van der Waals surface area contributed by atoms with Crippen molar-refractivity contribution in [3.05, 3.63) is 0 Å². The maximum Gasteiger partial charge on any atom is 0.136 e. The normalized spacial score (nSPS) is 22.9. The zero-order valence-corrected chi connectivity index (χ0v) is 10.6. The Morgan fingerprint density at radius 3 is 2.29 bits per heavy atom. The lowest BCUT2D eigenvalue weighted by Gasteiger charge is -2.35. The molecule has 1 aliphatic carbocycles. The second-order valence-electron chi connectivity index (χ2n) is 5.20. The van der Waals surface area contributed by atoms with Crippen LogP contribution in [0.3, 0.4) is 0 Å². The van der Waals surface area contributed by atoms with E-state index in [0.717, 1.165) is 12.3 Å². The minimum absolute atomic E-state index is 0.142. The molecule has 0 heterocycles. The molecule has 2 nitrogen and oxygen atoms in total. The van der Waals surface area contributed by atoms with Crippen LogP contribution in [0.25, 0.3) is 0 Å². The number of rotatable bonds is 4. The van der Waals surface area contributed by atoms with Gasteiger partial charge in [-0.05, 0) is 46.0 Å². The highest BCUT2D eigenvalue weighted by Gasteiger charge is 2.33. The van der Waals surface area contributed by atoms with Crippen LogP contribution in [-0.4, -0.2) is 15.3 Å². The van der Waals surface area contributed by atoms with Gasteiger partial charge in [0, 0.05) is 11.4 Å². The summed E-state index contributed by atoms with van der Waals surface area (Å²) >= 11 is -0.906. The summed E-state index contributed by atoms with van der Waals surface area (Å²) in [4.78, 5) is 0. The molecule has 1 N–H and O–H groups in total. The van der Waals surface area contributed by atoms with Gasteiger partial charge in [0.1, 0.15) is 4.75 Å². The third-order valence-electron chi connectivity index (χ3n) is 2.97. The summed E-state index contributed by atoms with van der Waals surface area (Å²) in [5.41, 5.74) is 0. The van der Waals surface area contributed by atoms with Crippen molar-refractivity contribution in [3.63, 3.8) is 0 Å². The smallest absolute Gasteiger partial charge is 0.136 e. The molecule has 1 saturated carbocycles. The molecule has 0 radical (unpaired) electrons. The molecule has 2 atom stereocenters. The maximum absolute atomic E-state index is 11.9. The van der Waals surface area contributed by atoms with Crippen molar-refractivity contribution in [1.29, 1.82) is 0 Å². The summed E-state index contributed by atoms with van der Waals surface area (Å²) in [5.74, 6) is 0.770. The summed E-state index contributed by atoms with van der Waals surface area (Å²) in [5, 5.41) is 0. The van der Waals surface area contributed by atoms with E-state index < -0.39 is 11.4 Å². The molecule has 1 rings (SSSR count). The van der Waals surface area contributed by atoms with Gasteiger partial charge in [0.2, 0.25) is 0 Å². The third-order valence-corrected chi connectivity index (χ3v) is 4.60. The zero-order valence-electron chi connectivity index (χ0n) is 9.80. The van der Waals surface area contributed by atoms with Crippen LogP contribution in [-0.2, 0) is 11.4 Å². The van der Waals surface area contributed by atoms with Gasteiger partial charge in [-0.15, -0.1) is 4.72 Å². The van der Waals surface area contributed by atoms with Gasteiger partial charge < -0.3 is 4.55 Å². The molecule has 0 aromatic carbocycles. The van der Waals surface area contributed by atoms with Crippen molar-refractivity contribution < 1.29 is 4.55 Å². The van der Waals surface area contributed by atoms with Gasteiger partial charge in [0.05, 0.1) is 6.04 Å². The first-order chi connectivity index (χ1) is 6.45. The standard InChI is InChI=1S/C11H23NOS/c1-5-10(9-7-6-8-9)12-14(13)11(2,3)4/h9-10,12H,5-8H2,1-4H3/t10-,14?/m1/s1. The molecule has 1 fully saturated rings. The molecule has 1 aliphatic rings. The molecule has 3 heteroatoms. The van der Waals surface area contributed by atoms with Crippen LogP contribution in [0.5, 0.6) is 0 Å². The topological polar surface area (TPSA) is 35.1 Å². The number of hydrogen-bond acceptors (Lipinski definition) is 2. The van der Waals surface area contributed by atoms with Crippen molar-refractivity contribution in [2.75, 3.05) is 0 Å². The SMILES string of the molecule is CC[C@@H](N[S+]([O-])C(C)(C)C)C1CCC1. The van der Waals surface area contributed by atoms with Crippen molar-refractivity contribution in [2.24, 2.45) is 5.92 Å². The summed E-state index contributed by atoms with van der Waals surface area (Å²) in [7, 11) is 0. The number of hydrogen-bond donors (Lipinski definition) is 1. The molecule has 0 saturated heterocycles. The molecule has 0 aliphatic heterocycles. The fourth-order valence-electron chi connectivity index (χ4n) is 1.67. The predicted molar refractivity (Wildman–Crippen MR) is 62.5 cm³/mol. The third kappa shape index (κ3) is 3.14. The zero-order chi connectivity index (χ0) is 10.8. The summed E-state index contributed by atoms with van der Waals surface area (Å²) in [6.07, 6.45) is 5.07. The highest BCUT2D eigenvalue weighted by atomic mass is 32.2. The van der Waals surface area contributed by atoms with E-state index in [1.165, 1.54) is 19.3 Å². The lowest BCUT2D eigenvalue weighted by atomic mass is 9.79. The van der Waals surface area contributed by atoms with Crippen LogP contribution < -0.4 is 4.72 Å². The summed E-state index contributed by atoms with van der Waals surface area (Å²) in [6.45, 7) is 8.23. The predicted octanol–water partition coefficient (Wildman–Crippen LogP) is 2.62. The van der Waals surface area contributed by atoms with Crippen LogP contribution in [0.1, 0.15) is 53.4 Å². The van der Waals surface area contributed by atoms with E-state index in [1.807, 2.05) is 20.8 Å². The molecule has 0 aromatic rings. The molecule has 0 spiro atoms. The molecule has 84 valence electrons. The van der Waals surface area contributed by atoms with E-state index in [9.17, 15) is 4.55 Å². The quantitative estimate of drug-likeness (QED) is 0.735. The lowest BCUT2D eigenvalue weighted by molar-refractivity contribution is 0.243. The molecular weight excluding hydrogens is 194 g/mol. The Kier molecular flexibility index (Phi) is 4.29. The van der Waals surface area contributed by atoms with E-state index >= 15 is 0 Å². The van der Waals surface area contributed by atoms with Gasteiger partial charge >= 0.3 is 0 Å². The average molecular weight is 217 g/mol. The molecule has 14 heavy (non-hydrogen) atoms. The van der Waals surface area contributed by atoms with Gasteiger partial charge in [-0.2, -0.15) is 0 Å². The van der Waals surface area contributed by atoms with E-state index in [1.54, 1.807) is 0 Å². The van der Waals surface area contributed by atoms with E-state index in [2.05, 4.69) is 11.6 Å². The first-order valence-corrected chi connectivity index (χ1v) is 6.78. The van der Waals surface area contributed by atoms with Gasteiger partial charge in [0.15, 0.2) is 0 Å². The highest BCUT2D eigenvalue weighted by molar-refractivity contribution is 7.90. The van der Waals surface area contributed by atoms with Crippen LogP contribution in [0, 0.1) is 5.92 Å². The largest absolute Gasteiger partial charge is 0.598 e. The van der Waals surface area contributed by atoms with Crippen molar-refractivity contribution in [3.8, 4) is 0 Å². The second-order valence-corrected chi connectivity index (χ2v) is 7.20. The Bertz CT molecular complexity index is 175. The van der Waals surface area contributed by atoms with Gasteiger partial charge in [-0.1, -0.05) is 13.3 Å². The lowest BCUT2D eigenvalue weighted by Crippen LogP contribution is -2.48. The number of nitrogens with one attached hydrogen (secondary N) is 1. The fourth-order valence-corrected chi connectivity index (χ4v) is 2.66. The van der Waals surface area contributed by atoms with Gasteiger partial charge in [0.25, 0.3) is 0 Å². The Labute approximate surface area is 91.2 Å². The highest BCUT2D eigenvalue weighted by Crippen LogP contribution is 2.31. The molecule has 1 unspecified atom stereocenters. The molecular formula is C11H23NOS. The second kappa shape index (κ2) is 4.86. The Balaban J connectivity index is 2.39. The Morgan fingerprint density at radius 1 is 1.43 bits per heavy atom. The van der Waals surface area contributed by atoms with Crippen molar-refractivity contribution in [2.45, 2.75) is 64.2 Å². The van der Waals surface area contributed by atoms with Gasteiger partial charge in [-0.3, -0.25) is 0 Å². The monoisotopic (exact) mass is 217 g/mol. The minimum Gasteiger partial charge on any atom is -0.598 e. The Morgan fingerprint density at radius 2 is 2.00 bits per heavy atom. The summed E-state index contributed by atoms with van der Waals surface area (Å²) < 4.78 is 15.0. The Hall–Kier alpha value is 0.270. The fraction of sp³-hybridized carbons (Fsp3) is 1.00. The van der Waals surface area contributed by atoms with Crippen molar-refractivity contribution >= 4 is 11.4 Å². The van der Waals surface area contributed by atoms with E-state index in [0.29, 0.717) is 6.04 Å². The van der Waals surface area contributed by atoms with E-state index in [4.69, 9.17) is 0 Å². The molecule has 0 amide bonds. The van der Waals surface area contributed by atoms with Gasteiger partial charge in [-0.25, -0.2) is 0 Å². The van der Waals surface area contributed by atoms with Crippen LogP contribution >= 0.6 is 0 Å². The van der Waals surface area contributed by atoms with E-state index in [-0.39, 0.29) is 4.75 Å². The molecule has 0 bridgehead atoms. The first kappa shape index (κ1) is 12.3. The van der Waals surface area contributed by atoms with Crippen LogP contribution in [0.2, 0.25) is 0 Å². The van der Waals surface area contributed by atoms with Crippen LogP contribution in [0.15, 0.2) is 0 Å². The minimum atomic E-state index is -0.906. The maximum atomic E-state index is 11.9. The molecule has 0 aromatic heterocycles. The first-order valence-electron chi connectivity index (χ1n) is 5.63. The van der Waals surface area contributed by atoms with Crippen LogP contribution in [0.4, 0.5) is 0 Å². The van der Waals surface area contributed by atoms with Crippen molar-refractivity contribution in [1.82, 2.24) is 4.72 Å². The summed E-state index contributed by atoms with van der Waals surface area (Å²) in [6, 6.07) is 0.462. The average Bonchev–Trinajstić information content (AvgIpc) is 1.97.